The molecule has 0 fully saturated rings. The number of ether oxygens (including phenoxy) is 1. The van der Waals surface area contributed by atoms with Crippen LogP contribution in [0.15, 0.2) is 47.8 Å². The first-order valence-electron chi connectivity index (χ1n) is 8.74. The molecule has 2 aromatic carbocycles. The van der Waals surface area contributed by atoms with Crippen LogP contribution in [0.3, 0.4) is 0 Å². The number of anilines is 3. The number of aromatic nitrogens is 1. The van der Waals surface area contributed by atoms with Gasteiger partial charge in [-0.2, -0.15) is 0 Å². The number of hydrogen-bond acceptors (Lipinski definition) is 5. The van der Waals surface area contributed by atoms with Gasteiger partial charge in [0, 0.05) is 27.1 Å². The fraction of sp³-hybridized carbons (Fsp3) is 0.238. The molecule has 5 nitrogen and oxygen atoms in total. The molecule has 3 aromatic rings. The highest BCUT2D eigenvalue weighted by molar-refractivity contribution is 7.14. The Bertz CT molecular complexity index is 995. The van der Waals surface area contributed by atoms with E-state index in [0.29, 0.717) is 10.8 Å². The molecular formula is C21H22ClN3O2S. The summed E-state index contributed by atoms with van der Waals surface area (Å²) in [6.45, 7) is 5.65. The normalized spacial score (nSPS) is 11.2. The Labute approximate surface area is 173 Å². The molecule has 0 unspecified atom stereocenters. The van der Waals surface area contributed by atoms with E-state index in [9.17, 15) is 4.79 Å². The Morgan fingerprint density at radius 3 is 2.68 bits per heavy atom. The van der Waals surface area contributed by atoms with E-state index >= 15 is 0 Å². The van der Waals surface area contributed by atoms with Gasteiger partial charge in [0.2, 0.25) is 5.91 Å². The number of nitrogens with one attached hydrogen (secondary N) is 2. The van der Waals surface area contributed by atoms with Crippen LogP contribution in [0.1, 0.15) is 20.8 Å². The number of hydrogen-bond donors (Lipinski definition) is 2. The van der Waals surface area contributed by atoms with Gasteiger partial charge in [-0.25, -0.2) is 4.98 Å². The number of halogens is 1. The van der Waals surface area contributed by atoms with Gasteiger partial charge in [0.25, 0.3) is 0 Å². The van der Waals surface area contributed by atoms with Gasteiger partial charge in [0.1, 0.15) is 5.75 Å². The van der Waals surface area contributed by atoms with Crippen molar-refractivity contribution < 1.29 is 9.53 Å². The lowest BCUT2D eigenvalue weighted by molar-refractivity contribution is -0.123. The van der Waals surface area contributed by atoms with E-state index < -0.39 is 5.41 Å². The minimum absolute atomic E-state index is 0.0293. The summed E-state index contributed by atoms with van der Waals surface area (Å²) in [5.74, 6) is 0.659. The van der Waals surface area contributed by atoms with E-state index in [-0.39, 0.29) is 5.91 Å². The molecule has 3 rings (SSSR count). The van der Waals surface area contributed by atoms with Crippen LogP contribution < -0.4 is 15.4 Å². The maximum atomic E-state index is 12.2. The second-order valence-corrected chi connectivity index (χ2v) is 8.59. The topological polar surface area (TPSA) is 63.2 Å². The highest BCUT2D eigenvalue weighted by Crippen LogP contribution is 2.33. The zero-order chi connectivity index (χ0) is 20.3. The molecule has 1 aromatic heterocycles. The maximum Gasteiger partial charge on any atom is 0.229 e. The third-order valence-corrected chi connectivity index (χ3v) is 5.00. The standard InChI is InChI=1S/C21H22ClN3O2S/c1-21(2,3)19(26)23-15-7-5-6-13(10-15)17-12-28-20(25-17)24-16-11-14(22)8-9-18(16)27-4/h5-12H,1-4H3,(H,23,26)(H,24,25). The summed E-state index contributed by atoms with van der Waals surface area (Å²) in [6.07, 6.45) is 0. The molecule has 0 atom stereocenters. The van der Waals surface area contributed by atoms with Crippen molar-refractivity contribution in [3.8, 4) is 17.0 Å². The van der Waals surface area contributed by atoms with E-state index in [1.54, 1.807) is 25.3 Å². The number of nitrogens with zero attached hydrogens (tertiary/aromatic N) is 1. The van der Waals surface area contributed by atoms with Gasteiger partial charge in [-0.05, 0) is 30.3 Å². The smallest absolute Gasteiger partial charge is 0.229 e. The van der Waals surface area contributed by atoms with Crippen LogP contribution in [0.4, 0.5) is 16.5 Å². The number of amides is 1. The number of methoxy groups -OCH3 is 1. The van der Waals surface area contributed by atoms with E-state index in [2.05, 4.69) is 15.6 Å². The van der Waals surface area contributed by atoms with Crippen LogP contribution in [0, 0.1) is 5.41 Å². The molecule has 0 aliphatic heterocycles. The van der Waals surface area contributed by atoms with Gasteiger partial charge in [-0.3, -0.25) is 4.79 Å². The number of rotatable bonds is 5. The van der Waals surface area contributed by atoms with Crippen LogP contribution in [0.2, 0.25) is 5.02 Å². The van der Waals surface area contributed by atoms with Gasteiger partial charge in [-0.15, -0.1) is 11.3 Å². The molecule has 146 valence electrons. The summed E-state index contributed by atoms with van der Waals surface area (Å²) >= 11 is 7.57. The van der Waals surface area contributed by atoms with Crippen LogP contribution in [0.5, 0.6) is 5.75 Å². The predicted octanol–water partition coefficient (Wildman–Crippen LogP) is 6.20. The Morgan fingerprint density at radius 1 is 1.18 bits per heavy atom. The van der Waals surface area contributed by atoms with Crippen molar-refractivity contribution in [3.05, 3.63) is 52.9 Å². The predicted molar refractivity (Wildman–Crippen MR) is 117 cm³/mol. The zero-order valence-corrected chi connectivity index (χ0v) is 17.7. The first kappa shape index (κ1) is 20.2. The fourth-order valence-electron chi connectivity index (χ4n) is 2.43. The Balaban J connectivity index is 1.80. The second kappa shape index (κ2) is 8.20. The van der Waals surface area contributed by atoms with E-state index in [1.807, 2.05) is 50.4 Å². The molecule has 0 saturated carbocycles. The third kappa shape index (κ3) is 4.82. The highest BCUT2D eigenvalue weighted by atomic mass is 35.5. The van der Waals surface area contributed by atoms with Crippen molar-refractivity contribution >= 4 is 45.4 Å². The molecule has 2 N–H and O–H groups in total. The number of thiazole rings is 1. The third-order valence-electron chi connectivity index (χ3n) is 4.00. The van der Waals surface area contributed by atoms with E-state index in [0.717, 1.165) is 27.8 Å². The summed E-state index contributed by atoms with van der Waals surface area (Å²) in [5, 5.41) is 9.50. The lowest BCUT2D eigenvalue weighted by Crippen LogP contribution is -2.27. The molecule has 7 heteroatoms. The minimum Gasteiger partial charge on any atom is -0.495 e. The summed E-state index contributed by atoms with van der Waals surface area (Å²) in [6, 6.07) is 13.0. The first-order valence-corrected chi connectivity index (χ1v) is 10.00. The van der Waals surface area contributed by atoms with Gasteiger partial charge >= 0.3 is 0 Å². The summed E-state index contributed by atoms with van der Waals surface area (Å²) in [4.78, 5) is 16.9. The van der Waals surface area contributed by atoms with Crippen molar-refractivity contribution in [1.82, 2.24) is 4.98 Å². The van der Waals surface area contributed by atoms with Crippen LogP contribution >= 0.6 is 22.9 Å². The average molecular weight is 416 g/mol. The number of carbonyl (C=O) groups excluding carboxylic acids is 1. The Hall–Kier alpha value is -2.57. The SMILES string of the molecule is COc1ccc(Cl)cc1Nc1nc(-c2cccc(NC(=O)C(C)(C)C)c2)cs1. The molecule has 0 radical (unpaired) electrons. The molecule has 0 bridgehead atoms. The molecule has 1 amide bonds. The van der Waals surface area contributed by atoms with Gasteiger partial charge in [0.15, 0.2) is 5.13 Å². The van der Waals surface area contributed by atoms with Crippen molar-refractivity contribution in [2.24, 2.45) is 5.41 Å². The van der Waals surface area contributed by atoms with Gasteiger partial charge in [0.05, 0.1) is 18.5 Å². The molecule has 0 aliphatic carbocycles. The molecule has 1 heterocycles. The van der Waals surface area contributed by atoms with Crippen LogP contribution in [-0.4, -0.2) is 18.0 Å². The number of benzene rings is 2. The lowest BCUT2D eigenvalue weighted by Gasteiger charge is -2.17. The Kier molecular flexibility index (Phi) is 5.91. The average Bonchev–Trinajstić information content (AvgIpc) is 3.10. The van der Waals surface area contributed by atoms with Gasteiger partial charge in [-0.1, -0.05) is 44.5 Å². The quantitative estimate of drug-likeness (QED) is 0.520. The zero-order valence-electron chi connectivity index (χ0n) is 16.2. The summed E-state index contributed by atoms with van der Waals surface area (Å²) in [5.41, 5.74) is 2.79. The van der Waals surface area contributed by atoms with Crippen molar-refractivity contribution in [3.63, 3.8) is 0 Å². The van der Waals surface area contributed by atoms with Crippen molar-refractivity contribution in [2.45, 2.75) is 20.8 Å². The number of carbonyl (C=O) groups is 1. The van der Waals surface area contributed by atoms with Gasteiger partial charge < -0.3 is 15.4 Å². The molecule has 0 aliphatic rings. The summed E-state index contributed by atoms with van der Waals surface area (Å²) < 4.78 is 5.36. The summed E-state index contributed by atoms with van der Waals surface area (Å²) in [7, 11) is 1.61. The minimum atomic E-state index is -0.455. The largest absolute Gasteiger partial charge is 0.495 e. The van der Waals surface area contributed by atoms with E-state index in [1.165, 1.54) is 11.3 Å². The Morgan fingerprint density at radius 2 is 1.96 bits per heavy atom. The van der Waals surface area contributed by atoms with Crippen molar-refractivity contribution in [2.75, 3.05) is 17.7 Å². The maximum absolute atomic E-state index is 12.2. The molecule has 0 spiro atoms. The highest BCUT2D eigenvalue weighted by Gasteiger charge is 2.21. The monoisotopic (exact) mass is 415 g/mol. The van der Waals surface area contributed by atoms with Crippen molar-refractivity contribution in [1.29, 1.82) is 0 Å². The second-order valence-electron chi connectivity index (χ2n) is 7.29. The first-order chi connectivity index (χ1) is 13.3. The van der Waals surface area contributed by atoms with E-state index in [4.69, 9.17) is 16.3 Å². The lowest BCUT2D eigenvalue weighted by atomic mass is 9.95. The fourth-order valence-corrected chi connectivity index (χ4v) is 3.34. The van der Waals surface area contributed by atoms with Crippen LogP contribution in [-0.2, 0) is 4.79 Å². The molecule has 0 saturated heterocycles. The molecule has 28 heavy (non-hydrogen) atoms. The van der Waals surface area contributed by atoms with Crippen LogP contribution in [0.25, 0.3) is 11.3 Å². The molecular weight excluding hydrogens is 394 g/mol.